The third kappa shape index (κ3) is 4.18. The summed E-state index contributed by atoms with van der Waals surface area (Å²) in [7, 11) is -3.68. The molecule has 0 amide bonds. The highest BCUT2D eigenvalue weighted by Crippen LogP contribution is 2.27. The average Bonchev–Trinajstić information content (AvgIpc) is 2.40. The van der Waals surface area contributed by atoms with Crippen molar-refractivity contribution in [1.29, 1.82) is 0 Å². The van der Waals surface area contributed by atoms with Crippen LogP contribution in [0, 0.1) is 6.92 Å². The molecule has 7 heteroatoms. The van der Waals surface area contributed by atoms with Gasteiger partial charge in [-0.3, -0.25) is 4.72 Å². The smallest absolute Gasteiger partial charge is 0.280 e. The Morgan fingerprint density at radius 2 is 1.67 bits per heavy atom. The predicted octanol–water partition coefficient (Wildman–Crippen LogP) is 4.11. The molecule has 0 bridgehead atoms. The average molecular weight is 329 g/mol. The Balaban J connectivity index is 2.19. The lowest BCUT2D eigenvalue weighted by atomic mass is 10.2. The molecule has 0 radical (unpaired) electrons. The Bertz CT molecular complexity index is 716. The van der Waals surface area contributed by atoms with Gasteiger partial charge < -0.3 is 0 Å². The second kappa shape index (κ2) is 6.44. The van der Waals surface area contributed by atoms with Gasteiger partial charge in [0.1, 0.15) is 0 Å². The van der Waals surface area contributed by atoms with Crippen molar-refractivity contribution in [2.24, 2.45) is 0 Å². The van der Waals surface area contributed by atoms with Crippen molar-refractivity contribution in [3.05, 3.63) is 54.1 Å². The van der Waals surface area contributed by atoms with Crippen molar-refractivity contribution in [3.8, 4) is 0 Å². The zero-order valence-electron chi connectivity index (χ0n) is 11.1. The molecule has 1 N–H and O–H groups in total. The van der Waals surface area contributed by atoms with Crippen LogP contribution in [0.2, 0.25) is 0 Å². The topological polar surface area (TPSA) is 46.2 Å². The molecule has 0 aliphatic heterocycles. The van der Waals surface area contributed by atoms with E-state index < -0.39 is 15.8 Å². The maximum Gasteiger partial charge on any atom is 0.288 e. The first kappa shape index (κ1) is 15.8. The van der Waals surface area contributed by atoms with Gasteiger partial charge >= 0.3 is 0 Å². The van der Waals surface area contributed by atoms with Gasteiger partial charge in [0, 0.05) is 10.6 Å². The van der Waals surface area contributed by atoms with Gasteiger partial charge in [-0.25, -0.2) is 8.42 Å². The fraction of sp³-hybridized carbons (Fsp3) is 0.143. The van der Waals surface area contributed by atoms with E-state index in [0.29, 0.717) is 27.9 Å². The number of thioether (sulfide) groups is 1. The Labute approximate surface area is 126 Å². The number of hydrogen-bond donors (Lipinski definition) is 1. The summed E-state index contributed by atoms with van der Waals surface area (Å²) < 4.78 is 51.3. The van der Waals surface area contributed by atoms with Crippen LogP contribution in [0.3, 0.4) is 0 Å². The van der Waals surface area contributed by atoms with Gasteiger partial charge in [0.25, 0.3) is 15.8 Å². The predicted molar refractivity (Wildman–Crippen MR) is 80.3 cm³/mol. The number of sulfonamides is 1. The summed E-state index contributed by atoms with van der Waals surface area (Å²) in [4.78, 5) is 0.569. The first-order valence-corrected chi connectivity index (χ1v) is 8.38. The monoisotopic (exact) mass is 329 g/mol. The summed E-state index contributed by atoms with van der Waals surface area (Å²) in [5, 5.41) is 0. The molecule has 2 aromatic carbocycles. The van der Waals surface area contributed by atoms with E-state index in [4.69, 9.17) is 0 Å². The minimum absolute atomic E-state index is 0.191. The summed E-state index contributed by atoms with van der Waals surface area (Å²) in [6.07, 6.45) is 0. The van der Waals surface area contributed by atoms with Gasteiger partial charge in [0.15, 0.2) is 0 Å². The molecule has 0 aliphatic rings. The van der Waals surface area contributed by atoms with Gasteiger partial charge in [0.05, 0.1) is 4.90 Å². The van der Waals surface area contributed by atoms with Crippen molar-refractivity contribution in [2.45, 2.75) is 22.5 Å². The molecule has 2 rings (SSSR count). The summed E-state index contributed by atoms with van der Waals surface area (Å²) >= 11 is 0.413. The highest BCUT2D eigenvalue weighted by atomic mass is 32.2. The zero-order chi connectivity index (χ0) is 15.5. The fourth-order valence-corrected chi connectivity index (χ4v) is 3.58. The number of nitrogens with one attached hydrogen (secondary N) is 1. The van der Waals surface area contributed by atoms with E-state index in [1.165, 1.54) is 30.3 Å². The molecule has 21 heavy (non-hydrogen) atoms. The molecule has 0 unspecified atom stereocenters. The van der Waals surface area contributed by atoms with E-state index in [-0.39, 0.29) is 4.90 Å². The number of hydrogen-bond acceptors (Lipinski definition) is 3. The number of aryl methyl sites for hydroxylation is 1. The third-order valence-corrected chi connectivity index (χ3v) is 4.98. The van der Waals surface area contributed by atoms with Crippen molar-refractivity contribution in [3.63, 3.8) is 0 Å². The molecular formula is C14H13F2NO2S2. The molecule has 0 atom stereocenters. The van der Waals surface area contributed by atoms with Crippen LogP contribution in [-0.4, -0.2) is 14.2 Å². The van der Waals surface area contributed by atoms with E-state index in [9.17, 15) is 17.2 Å². The number of rotatable bonds is 5. The lowest BCUT2D eigenvalue weighted by Gasteiger charge is -2.10. The fourth-order valence-electron chi connectivity index (χ4n) is 1.77. The quantitative estimate of drug-likeness (QED) is 0.840. The SMILES string of the molecule is Cc1ccccc1S(=O)(=O)Nc1ccc(SC(F)F)cc1. The van der Waals surface area contributed by atoms with E-state index in [1.807, 2.05) is 0 Å². The van der Waals surface area contributed by atoms with Crippen LogP contribution >= 0.6 is 11.8 Å². The van der Waals surface area contributed by atoms with E-state index in [2.05, 4.69) is 4.72 Å². The molecule has 0 saturated heterocycles. The zero-order valence-corrected chi connectivity index (χ0v) is 12.7. The molecule has 3 nitrogen and oxygen atoms in total. The molecule has 0 aromatic heterocycles. The van der Waals surface area contributed by atoms with Crippen LogP contribution in [0.4, 0.5) is 14.5 Å². The van der Waals surface area contributed by atoms with Gasteiger partial charge in [0.2, 0.25) is 0 Å². The van der Waals surface area contributed by atoms with E-state index >= 15 is 0 Å². The van der Waals surface area contributed by atoms with Gasteiger partial charge in [-0.2, -0.15) is 8.78 Å². The first-order chi connectivity index (χ1) is 9.88. The molecule has 0 fully saturated rings. The normalized spacial score (nSPS) is 11.6. The Morgan fingerprint density at radius 1 is 1.05 bits per heavy atom. The van der Waals surface area contributed by atoms with Crippen molar-refractivity contribution in [2.75, 3.05) is 4.72 Å². The summed E-state index contributed by atoms with van der Waals surface area (Å²) in [6.45, 7) is 1.71. The molecular weight excluding hydrogens is 316 g/mol. The molecule has 0 aliphatic carbocycles. The number of benzene rings is 2. The van der Waals surface area contributed by atoms with Gasteiger partial charge in [-0.15, -0.1) is 0 Å². The Hall–Kier alpha value is -1.60. The number of anilines is 1. The molecule has 0 heterocycles. The van der Waals surface area contributed by atoms with Gasteiger partial charge in [-0.05, 0) is 42.8 Å². The van der Waals surface area contributed by atoms with Crippen LogP contribution in [0.5, 0.6) is 0 Å². The molecule has 0 saturated carbocycles. The second-order valence-electron chi connectivity index (χ2n) is 4.27. The van der Waals surface area contributed by atoms with Crippen molar-refractivity contribution < 1.29 is 17.2 Å². The highest BCUT2D eigenvalue weighted by molar-refractivity contribution is 7.99. The van der Waals surface area contributed by atoms with E-state index in [1.54, 1.807) is 25.1 Å². The van der Waals surface area contributed by atoms with E-state index in [0.717, 1.165) is 0 Å². The minimum atomic E-state index is -3.68. The Kier molecular flexibility index (Phi) is 4.84. The number of alkyl halides is 2. The van der Waals surface area contributed by atoms with Crippen LogP contribution in [0.1, 0.15) is 5.56 Å². The maximum absolute atomic E-state index is 12.2. The minimum Gasteiger partial charge on any atom is -0.280 e. The van der Waals surface area contributed by atoms with Crippen LogP contribution < -0.4 is 4.72 Å². The molecule has 2 aromatic rings. The van der Waals surface area contributed by atoms with Crippen molar-refractivity contribution >= 4 is 27.5 Å². The van der Waals surface area contributed by atoms with Crippen molar-refractivity contribution in [1.82, 2.24) is 0 Å². The van der Waals surface area contributed by atoms with Crippen LogP contribution in [-0.2, 0) is 10.0 Å². The van der Waals surface area contributed by atoms with Crippen LogP contribution in [0.25, 0.3) is 0 Å². The maximum atomic E-state index is 12.2. The first-order valence-electron chi connectivity index (χ1n) is 6.02. The summed E-state index contributed by atoms with van der Waals surface area (Å²) in [6, 6.07) is 12.4. The Morgan fingerprint density at radius 3 is 2.24 bits per heavy atom. The highest BCUT2D eigenvalue weighted by Gasteiger charge is 2.16. The standard InChI is InChI=1S/C14H13F2NO2S2/c1-10-4-2-3-5-13(10)21(18,19)17-11-6-8-12(9-7-11)20-14(15)16/h2-9,14,17H,1H3. The largest absolute Gasteiger partial charge is 0.288 e. The summed E-state index contributed by atoms with van der Waals surface area (Å²) in [5.41, 5.74) is 0.965. The second-order valence-corrected chi connectivity index (χ2v) is 6.99. The lowest BCUT2D eigenvalue weighted by Crippen LogP contribution is -2.14. The van der Waals surface area contributed by atoms with Crippen LogP contribution in [0.15, 0.2) is 58.3 Å². The number of halogens is 2. The van der Waals surface area contributed by atoms with Gasteiger partial charge in [-0.1, -0.05) is 30.0 Å². The molecule has 0 spiro atoms. The third-order valence-electron chi connectivity index (χ3n) is 2.71. The molecule has 112 valence electrons. The lowest BCUT2D eigenvalue weighted by molar-refractivity contribution is 0.252. The summed E-state index contributed by atoms with van der Waals surface area (Å²) in [5.74, 6) is -2.50.